The Kier molecular flexibility index (Phi) is 5.70. The summed E-state index contributed by atoms with van der Waals surface area (Å²) in [5, 5.41) is 5.34. The summed E-state index contributed by atoms with van der Waals surface area (Å²) in [4.78, 5) is 26.1. The van der Waals surface area contributed by atoms with Crippen LogP contribution >= 0.6 is 0 Å². The number of ether oxygens (including phenoxy) is 1. The van der Waals surface area contributed by atoms with Gasteiger partial charge in [-0.15, -0.1) is 0 Å². The first-order chi connectivity index (χ1) is 16.7. The molecule has 1 aromatic carbocycles. The Labute approximate surface area is 204 Å². The van der Waals surface area contributed by atoms with E-state index in [1.54, 1.807) is 15.9 Å². The third-order valence-corrected chi connectivity index (χ3v) is 6.17. The monoisotopic (exact) mass is 473 g/mol. The average molecular weight is 474 g/mol. The zero-order valence-corrected chi connectivity index (χ0v) is 20.8. The van der Waals surface area contributed by atoms with E-state index in [0.717, 1.165) is 33.7 Å². The molecule has 9 heteroatoms. The van der Waals surface area contributed by atoms with Crippen LogP contribution in [0.3, 0.4) is 0 Å². The Balaban J connectivity index is 1.56. The van der Waals surface area contributed by atoms with Gasteiger partial charge in [0.05, 0.1) is 17.3 Å². The zero-order chi connectivity index (χ0) is 24.7. The number of nitrogens with zero attached hydrogens (tertiary/aromatic N) is 7. The first-order valence-corrected chi connectivity index (χ1v) is 11.9. The van der Waals surface area contributed by atoms with Crippen LogP contribution in [0, 0.1) is 0 Å². The molecule has 9 nitrogen and oxygen atoms in total. The third kappa shape index (κ3) is 4.45. The van der Waals surface area contributed by atoms with Crippen molar-refractivity contribution in [2.45, 2.75) is 39.3 Å². The number of carbonyl (C=O) groups is 1. The van der Waals surface area contributed by atoms with Gasteiger partial charge in [-0.2, -0.15) is 5.10 Å². The molecule has 1 amide bonds. The maximum Gasteiger partial charge on any atom is 0.410 e. The van der Waals surface area contributed by atoms with E-state index < -0.39 is 5.60 Å². The lowest BCUT2D eigenvalue weighted by molar-refractivity contribution is 0.0218. The van der Waals surface area contributed by atoms with Crippen molar-refractivity contribution >= 4 is 22.9 Å². The van der Waals surface area contributed by atoms with Crippen LogP contribution < -0.4 is 4.90 Å². The van der Waals surface area contributed by atoms with E-state index in [0.29, 0.717) is 19.6 Å². The molecule has 1 fully saturated rings. The zero-order valence-electron chi connectivity index (χ0n) is 20.8. The molecular formula is C26H31N7O2. The number of rotatable bonds is 3. The van der Waals surface area contributed by atoms with E-state index in [-0.39, 0.29) is 12.1 Å². The molecule has 0 N–H and O–H groups in total. The Morgan fingerprint density at radius 3 is 2.51 bits per heavy atom. The molecule has 182 valence electrons. The molecule has 1 atom stereocenters. The van der Waals surface area contributed by atoms with Crippen LogP contribution in [-0.2, 0) is 11.8 Å². The SMILES string of the molecule is C[C@H]1CN(C(=O)OC(C)(C)C)CCN1c1ncnc2c1c(-c1ccccc1)cn2-c1cnn(C)c1. The van der Waals surface area contributed by atoms with E-state index in [1.807, 2.05) is 58.4 Å². The molecule has 0 bridgehead atoms. The fraction of sp³-hybridized carbons (Fsp3) is 0.385. The van der Waals surface area contributed by atoms with Crippen LogP contribution in [0.5, 0.6) is 0 Å². The maximum absolute atomic E-state index is 12.7. The molecule has 5 rings (SSSR count). The molecule has 0 unspecified atom stereocenters. The minimum Gasteiger partial charge on any atom is -0.444 e. The van der Waals surface area contributed by atoms with Crippen molar-refractivity contribution in [3.63, 3.8) is 0 Å². The Morgan fingerprint density at radius 1 is 1.09 bits per heavy atom. The highest BCUT2D eigenvalue weighted by atomic mass is 16.6. The van der Waals surface area contributed by atoms with Gasteiger partial charge in [0.1, 0.15) is 17.7 Å². The number of fused-ring (bicyclic) bond motifs is 1. The van der Waals surface area contributed by atoms with Crippen molar-refractivity contribution in [1.82, 2.24) is 29.2 Å². The summed E-state index contributed by atoms with van der Waals surface area (Å²) in [6.07, 6.45) is 7.25. The molecule has 4 aromatic rings. The van der Waals surface area contributed by atoms with E-state index in [9.17, 15) is 4.79 Å². The van der Waals surface area contributed by atoms with Crippen LogP contribution in [0.25, 0.3) is 27.8 Å². The van der Waals surface area contributed by atoms with Crippen molar-refractivity contribution in [1.29, 1.82) is 0 Å². The molecule has 0 saturated carbocycles. The van der Waals surface area contributed by atoms with E-state index >= 15 is 0 Å². The van der Waals surface area contributed by atoms with Gasteiger partial charge in [-0.1, -0.05) is 30.3 Å². The third-order valence-electron chi connectivity index (χ3n) is 6.17. The number of anilines is 1. The van der Waals surface area contributed by atoms with Gasteiger partial charge >= 0.3 is 6.09 Å². The normalized spacial score (nSPS) is 16.7. The highest BCUT2D eigenvalue weighted by molar-refractivity contribution is 6.02. The first-order valence-electron chi connectivity index (χ1n) is 11.9. The summed E-state index contributed by atoms with van der Waals surface area (Å²) in [6, 6.07) is 10.3. The summed E-state index contributed by atoms with van der Waals surface area (Å²) in [7, 11) is 1.90. The molecule has 0 spiro atoms. The van der Waals surface area contributed by atoms with Gasteiger partial charge in [0.15, 0.2) is 5.65 Å². The lowest BCUT2D eigenvalue weighted by atomic mass is 10.1. The summed E-state index contributed by atoms with van der Waals surface area (Å²) < 4.78 is 9.45. The Bertz CT molecular complexity index is 1350. The number of aryl methyl sites for hydroxylation is 1. The average Bonchev–Trinajstić information content (AvgIpc) is 3.42. The van der Waals surface area contributed by atoms with Gasteiger partial charge in [-0.3, -0.25) is 9.25 Å². The van der Waals surface area contributed by atoms with E-state index in [2.05, 4.69) is 44.8 Å². The first kappa shape index (κ1) is 22.9. The van der Waals surface area contributed by atoms with Crippen molar-refractivity contribution in [3.8, 4) is 16.8 Å². The number of aromatic nitrogens is 5. The van der Waals surface area contributed by atoms with Crippen molar-refractivity contribution in [3.05, 3.63) is 55.2 Å². The van der Waals surface area contributed by atoms with Gasteiger partial charge in [0.2, 0.25) is 0 Å². The standard InChI is InChI=1S/C26H31N7O2/c1-18-14-31(25(34)35-26(2,3)4)11-12-32(18)23-22-21(19-9-7-6-8-10-19)16-33(24(22)28-17-27-23)20-13-29-30(5)15-20/h6-10,13,15-18H,11-12,14H2,1-5H3/t18-/m0/s1. The second kappa shape index (κ2) is 8.72. The number of amides is 1. The quantitative estimate of drug-likeness (QED) is 0.442. The van der Waals surface area contributed by atoms with Crippen molar-refractivity contribution < 1.29 is 9.53 Å². The van der Waals surface area contributed by atoms with Crippen molar-refractivity contribution in [2.24, 2.45) is 7.05 Å². The van der Waals surface area contributed by atoms with Crippen LogP contribution in [0.1, 0.15) is 27.7 Å². The van der Waals surface area contributed by atoms with Crippen LogP contribution in [0.2, 0.25) is 0 Å². The molecule has 1 saturated heterocycles. The number of hydrogen-bond acceptors (Lipinski definition) is 6. The van der Waals surface area contributed by atoms with Gasteiger partial charge < -0.3 is 14.5 Å². The molecule has 3 aromatic heterocycles. The number of piperazine rings is 1. The van der Waals surface area contributed by atoms with Crippen LogP contribution in [0.15, 0.2) is 55.2 Å². The smallest absolute Gasteiger partial charge is 0.410 e. The molecule has 4 heterocycles. The Morgan fingerprint density at radius 2 is 1.86 bits per heavy atom. The predicted molar refractivity (Wildman–Crippen MR) is 136 cm³/mol. The molecule has 1 aliphatic rings. The van der Waals surface area contributed by atoms with Gasteiger partial charge in [0.25, 0.3) is 0 Å². The maximum atomic E-state index is 12.7. The molecular weight excluding hydrogens is 442 g/mol. The van der Waals surface area contributed by atoms with Crippen LogP contribution in [0.4, 0.5) is 10.6 Å². The largest absolute Gasteiger partial charge is 0.444 e. The van der Waals surface area contributed by atoms with Gasteiger partial charge in [-0.05, 0) is 33.3 Å². The van der Waals surface area contributed by atoms with E-state index in [4.69, 9.17) is 9.72 Å². The molecule has 0 aliphatic carbocycles. The highest BCUT2D eigenvalue weighted by Gasteiger charge is 2.32. The highest BCUT2D eigenvalue weighted by Crippen LogP contribution is 2.37. The predicted octanol–water partition coefficient (Wildman–Crippen LogP) is 4.27. The second-order valence-electron chi connectivity index (χ2n) is 10.0. The fourth-order valence-corrected chi connectivity index (χ4v) is 4.59. The molecule has 1 aliphatic heterocycles. The lowest BCUT2D eigenvalue weighted by Gasteiger charge is -2.41. The number of hydrogen-bond donors (Lipinski definition) is 0. The van der Waals surface area contributed by atoms with Gasteiger partial charge in [-0.25, -0.2) is 14.8 Å². The van der Waals surface area contributed by atoms with Crippen molar-refractivity contribution in [2.75, 3.05) is 24.5 Å². The minimum atomic E-state index is -0.518. The summed E-state index contributed by atoms with van der Waals surface area (Å²) in [5.41, 5.74) is 3.39. The fourth-order valence-electron chi connectivity index (χ4n) is 4.59. The molecule has 35 heavy (non-hydrogen) atoms. The summed E-state index contributed by atoms with van der Waals surface area (Å²) >= 11 is 0. The lowest BCUT2D eigenvalue weighted by Crippen LogP contribution is -2.54. The Hall–Kier alpha value is -3.88. The van der Waals surface area contributed by atoms with E-state index in [1.165, 1.54) is 0 Å². The minimum absolute atomic E-state index is 0.0553. The van der Waals surface area contributed by atoms with Crippen LogP contribution in [-0.4, -0.2) is 66.6 Å². The summed E-state index contributed by atoms with van der Waals surface area (Å²) in [6.45, 7) is 9.56. The molecule has 0 radical (unpaired) electrons. The topological polar surface area (TPSA) is 81.3 Å². The number of carbonyl (C=O) groups excluding carboxylic acids is 1. The second-order valence-corrected chi connectivity index (χ2v) is 10.0. The van der Waals surface area contributed by atoms with Gasteiger partial charge in [0, 0.05) is 50.7 Å². The number of benzene rings is 1. The summed E-state index contributed by atoms with van der Waals surface area (Å²) in [5.74, 6) is 0.868.